The second kappa shape index (κ2) is 8.46. The molecule has 1 saturated carbocycles. The number of amides is 1. The van der Waals surface area contributed by atoms with Crippen LogP contribution in [0.1, 0.15) is 60.9 Å². The van der Waals surface area contributed by atoms with Crippen LogP contribution in [0.2, 0.25) is 0 Å². The van der Waals surface area contributed by atoms with Gasteiger partial charge < -0.3 is 9.88 Å². The normalized spacial score (nSPS) is 21.7. The summed E-state index contributed by atoms with van der Waals surface area (Å²) in [4.78, 5) is 30.8. The highest BCUT2D eigenvalue weighted by molar-refractivity contribution is 9.10. The highest BCUT2D eigenvalue weighted by Crippen LogP contribution is 2.34. The third kappa shape index (κ3) is 3.58. The van der Waals surface area contributed by atoms with Crippen molar-refractivity contribution in [2.24, 2.45) is 5.92 Å². The van der Waals surface area contributed by atoms with Gasteiger partial charge in [0.05, 0.1) is 12.4 Å². The minimum Gasteiger partial charge on any atom is -0.339 e. The van der Waals surface area contributed by atoms with Crippen LogP contribution in [0.4, 0.5) is 4.39 Å². The van der Waals surface area contributed by atoms with Gasteiger partial charge in [0.25, 0.3) is 11.5 Å². The van der Waals surface area contributed by atoms with Crippen molar-refractivity contribution < 1.29 is 9.18 Å². The van der Waals surface area contributed by atoms with E-state index >= 15 is 0 Å². The number of alkyl halides is 1. The van der Waals surface area contributed by atoms with Gasteiger partial charge in [-0.3, -0.25) is 14.0 Å². The zero-order chi connectivity index (χ0) is 22.4. The predicted molar refractivity (Wildman–Crippen MR) is 125 cm³/mol. The largest absolute Gasteiger partial charge is 0.339 e. The maximum atomic E-state index is 13.2. The fraction of sp³-hybridized carbons (Fsp3) is 0.458. The summed E-state index contributed by atoms with van der Waals surface area (Å²) < 4.78 is 14.5. The Hall–Kier alpha value is -2.48. The number of nitrogens with one attached hydrogen (secondary N) is 1. The van der Waals surface area contributed by atoms with Crippen LogP contribution in [0, 0.1) is 5.92 Å². The van der Waals surface area contributed by atoms with Gasteiger partial charge in [-0.2, -0.15) is 9.61 Å². The molecule has 168 valence electrons. The lowest BCUT2D eigenvalue weighted by atomic mass is 9.84. The zero-order valence-electron chi connectivity index (χ0n) is 18.0. The van der Waals surface area contributed by atoms with Crippen molar-refractivity contribution in [3.8, 4) is 11.3 Å². The number of rotatable bonds is 4. The number of aromatic nitrogens is 3. The first-order chi connectivity index (χ1) is 15.5. The van der Waals surface area contributed by atoms with Crippen LogP contribution in [-0.2, 0) is 0 Å². The van der Waals surface area contributed by atoms with Crippen LogP contribution >= 0.6 is 15.9 Å². The number of benzene rings is 1. The molecule has 1 aliphatic heterocycles. The Morgan fingerprint density at radius 1 is 1.22 bits per heavy atom. The lowest BCUT2D eigenvalue weighted by molar-refractivity contribution is 0.0140. The van der Waals surface area contributed by atoms with E-state index in [-0.39, 0.29) is 23.4 Å². The van der Waals surface area contributed by atoms with E-state index in [0.717, 1.165) is 5.56 Å². The predicted octanol–water partition coefficient (Wildman–Crippen LogP) is 4.93. The third-order valence-electron chi connectivity index (χ3n) is 7.15. The molecule has 3 aromatic rings. The molecule has 2 aromatic heterocycles. The van der Waals surface area contributed by atoms with Gasteiger partial charge in [0.15, 0.2) is 5.65 Å². The van der Waals surface area contributed by atoms with E-state index in [1.54, 1.807) is 4.90 Å². The van der Waals surface area contributed by atoms with Gasteiger partial charge in [0.2, 0.25) is 0 Å². The van der Waals surface area contributed by atoms with Crippen LogP contribution in [0.3, 0.4) is 0 Å². The Kier molecular flexibility index (Phi) is 5.65. The summed E-state index contributed by atoms with van der Waals surface area (Å²) in [7, 11) is 0. The van der Waals surface area contributed by atoms with E-state index in [9.17, 15) is 14.0 Å². The molecule has 32 heavy (non-hydrogen) atoms. The zero-order valence-corrected chi connectivity index (χ0v) is 19.6. The number of fused-ring (bicyclic) bond motifs is 1. The van der Waals surface area contributed by atoms with Crippen molar-refractivity contribution in [2.45, 2.75) is 51.0 Å². The topological polar surface area (TPSA) is 70.5 Å². The molecule has 5 rings (SSSR count). The monoisotopic (exact) mass is 500 g/mol. The lowest BCUT2D eigenvalue weighted by Gasteiger charge is -2.45. The summed E-state index contributed by atoms with van der Waals surface area (Å²) >= 11 is 3.34. The van der Waals surface area contributed by atoms with Crippen molar-refractivity contribution in [1.29, 1.82) is 0 Å². The van der Waals surface area contributed by atoms with E-state index in [2.05, 4.69) is 38.1 Å². The molecule has 0 bridgehead atoms. The number of likely N-dealkylation sites (tertiary alicyclic amines) is 1. The SMILES string of the molecule is C[C@H]1[C@@H](CF)CN1C(=O)c1c(Br)nn2c(=O)cc(-c3ccc(C4CCCCC4)cc3)[nH]c12. The van der Waals surface area contributed by atoms with Crippen molar-refractivity contribution in [1.82, 2.24) is 19.5 Å². The summed E-state index contributed by atoms with van der Waals surface area (Å²) in [6, 6.07) is 9.67. The van der Waals surface area contributed by atoms with Crippen LogP contribution in [-0.4, -0.2) is 44.7 Å². The molecule has 1 amide bonds. The first-order valence-electron chi connectivity index (χ1n) is 11.3. The average molecular weight is 501 g/mol. The van der Waals surface area contributed by atoms with Crippen LogP contribution in [0.15, 0.2) is 39.7 Å². The maximum Gasteiger partial charge on any atom is 0.274 e. The number of carbonyl (C=O) groups is 1. The number of aromatic amines is 1. The van der Waals surface area contributed by atoms with Crippen molar-refractivity contribution in [3.63, 3.8) is 0 Å². The molecular weight excluding hydrogens is 475 g/mol. The average Bonchev–Trinajstić information content (AvgIpc) is 3.15. The summed E-state index contributed by atoms with van der Waals surface area (Å²) in [5.41, 5.74) is 3.19. The van der Waals surface area contributed by atoms with Crippen LogP contribution in [0.25, 0.3) is 16.9 Å². The minimum atomic E-state index is -0.446. The van der Waals surface area contributed by atoms with E-state index in [0.29, 0.717) is 34.0 Å². The molecular formula is C24H26BrFN4O2. The Labute approximate surface area is 193 Å². The Morgan fingerprint density at radius 3 is 2.59 bits per heavy atom. The Balaban J connectivity index is 1.50. The number of hydrogen-bond donors (Lipinski definition) is 1. The summed E-state index contributed by atoms with van der Waals surface area (Å²) in [5, 5.41) is 4.22. The van der Waals surface area contributed by atoms with E-state index in [1.807, 2.05) is 19.1 Å². The van der Waals surface area contributed by atoms with Crippen molar-refractivity contribution >= 4 is 27.5 Å². The fourth-order valence-corrected chi connectivity index (χ4v) is 5.52. The summed E-state index contributed by atoms with van der Waals surface area (Å²) in [5.74, 6) is 0.211. The highest BCUT2D eigenvalue weighted by atomic mass is 79.9. The van der Waals surface area contributed by atoms with Crippen molar-refractivity contribution in [2.75, 3.05) is 13.2 Å². The molecule has 2 fully saturated rings. The molecule has 0 radical (unpaired) electrons. The van der Waals surface area contributed by atoms with E-state index in [1.165, 1.54) is 48.2 Å². The molecule has 8 heteroatoms. The maximum absolute atomic E-state index is 13.2. The molecule has 1 N–H and O–H groups in total. The van der Waals surface area contributed by atoms with Gasteiger partial charge in [0, 0.05) is 24.6 Å². The number of nitrogens with zero attached hydrogens (tertiary/aromatic N) is 3. The molecule has 0 unspecified atom stereocenters. The minimum absolute atomic E-state index is 0.142. The molecule has 2 aliphatic rings. The van der Waals surface area contributed by atoms with Gasteiger partial charge in [-0.25, -0.2) is 0 Å². The van der Waals surface area contributed by atoms with E-state index < -0.39 is 6.67 Å². The second-order valence-electron chi connectivity index (χ2n) is 9.02. The Morgan fingerprint density at radius 2 is 1.94 bits per heavy atom. The van der Waals surface area contributed by atoms with Gasteiger partial charge in [-0.1, -0.05) is 43.5 Å². The van der Waals surface area contributed by atoms with E-state index in [4.69, 9.17) is 0 Å². The highest BCUT2D eigenvalue weighted by Gasteiger charge is 2.40. The third-order valence-corrected chi connectivity index (χ3v) is 7.70. The number of H-pyrrole nitrogens is 1. The Bertz CT molecular complexity index is 1210. The molecule has 2 atom stereocenters. The molecule has 1 aromatic carbocycles. The molecule has 3 heterocycles. The smallest absolute Gasteiger partial charge is 0.274 e. The number of hydrogen-bond acceptors (Lipinski definition) is 3. The van der Waals surface area contributed by atoms with Gasteiger partial charge >= 0.3 is 0 Å². The van der Waals surface area contributed by atoms with Crippen LogP contribution in [0.5, 0.6) is 0 Å². The van der Waals surface area contributed by atoms with Crippen molar-refractivity contribution in [3.05, 3.63) is 56.4 Å². The number of halogens is 2. The fourth-order valence-electron chi connectivity index (χ4n) is 5.01. The van der Waals surface area contributed by atoms with Crippen LogP contribution < -0.4 is 5.56 Å². The summed E-state index contributed by atoms with van der Waals surface area (Å²) in [6.07, 6.45) is 6.35. The molecule has 1 saturated heterocycles. The lowest BCUT2D eigenvalue weighted by Crippen LogP contribution is -2.57. The quantitative estimate of drug-likeness (QED) is 0.551. The van der Waals surface area contributed by atoms with Gasteiger partial charge in [0.1, 0.15) is 10.2 Å². The summed E-state index contributed by atoms with van der Waals surface area (Å²) in [6.45, 7) is 1.76. The first-order valence-corrected chi connectivity index (χ1v) is 12.1. The standard InChI is InChI=1S/C24H26BrFN4O2/c1-14-18(12-26)13-29(14)24(32)21-22(25)28-30-20(31)11-19(27-23(21)30)17-9-7-16(8-10-17)15-5-3-2-4-6-15/h7-11,14-15,18,27H,2-6,12-13H2,1H3/t14-,18-/m0/s1. The van der Waals surface area contributed by atoms with Gasteiger partial charge in [-0.05, 0) is 52.7 Å². The van der Waals surface area contributed by atoms with Gasteiger partial charge in [-0.15, -0.1) is 0 Å². The molecule has 6 nitrogen and oxygen atoms in total. The molecule has 1 aliphatic carbocycles. The molecule has 0 spiro atoms. The number of carbonyl (C=O) groups excluding carboxylic acids is 1. The second-order valence-corrected chi connectivity index (χ2v) is 9.77. The first kappa shape index (κ1) is 21.4.